The minimum Gasteiger partial charge on any atom is -0.504 e. The van der Waals surface area contributed by atoms with Crippen LogP contribution in [0.5, 0.6) is 5.75 Å². The first kappa shape index (κ1) is 21.7. The standard InChI is InChI=1S/C25H23ClFN5O/c1-3-15-11-28-23-5-4-16(17-9-21(26)25(33)22(27)10-17)8-20(23)24(15)30-18-12-29-32(13-18)19-6-7-31(2)14-19/h3-5,8-13,19,33H,1,6-7,14H2,2H3,(H,28,30). The van der Waals surface area contributed by atoms with Gasteiger partial charge in [0.2, 0.25) is 0 Å². The average molecular weight is 464 g/mol. The summed E-state index contributed by atoms with van der Waals surface area (Å²) in [5.41, 5.74) is 4.63. The lowest BCUT2D eigenvalue weighted by Gasteiger charge is -2.14. The monoisotopic (exact) mass is 463 g/mol. The van der Waals surface area contributed by atoms with Crippen LogP contribution in [-0.4, -0.2) is 44.9 Å². The van der Waals surface area contributed by atoms with Gasteiger partial charge in [-0.3, -0.25) is 9.67 Å². The van der Waals surface area contributed by atoms with Gasteiger partial charge in [0.1, 0.15) is 0 Å². The number of aromatic nitrogens is 3. The number of fused-ring (bicyclic) bond motifs is 1. The lowest BCUT2D eigenvalue weighted by Crippen LogP contribution is -2.16. The number of anilines is 2. The molecule has 1 fully saturated rings. The highest BCUT2D eigenvalue weighted by Gasteiger charge is 2.22. The second kappa shape index (κ2) is 8.65. The zero-order valence-corrected chi connectivity index (χ0v) is 18.8. The quantitative estimate of drug-likeness (QED) is 0.403. The molecule has 1 unspecified atom stereocenters. The molecule has 0 aliphatic carbocycles. The number of phenolic OH excluding ortho intramolecular Hbond substituents is 1. The van der Waals surface area contributed by atoms with Gasteiger partial charge in [-0.2, -0.15) is 5.10 Å². The fraction of sp³-hybridized carbons (Fsp3) is 0.200. The molecule has 0 saturated carbocycles. The van der Waals surface area contributed by atoms with E-state index >= 15 is 0 Å². The molecule has 3 heterocycles. The first-order chi connectivity index (χ1) is 15.9. The van der Waals surface area contributed by atoms with Crippen molar-refractivity contribution in [3.05, 3.63) is 78.7 Å². The molecule has 0 amide bonds. The lowest BCUT2D eigenvalue weighted by molar-refractivity contribution is 0.382. The molecule has 5 rings (SSSR count). The topological polar surface area (TPSA) is 66.2 Å². The summed E-state index contributed by atoms with van der Waals surface area (Å²) in [6.07, 6.45) is 8.42. The second-order valence-electron chi connectivity index (χ2n) is 8.35. The minimum atomic E-state index is -0.765. The van der Waals surface area contributed by atoms with Crippen LogP contribution in [-0.2, 0) is 0 Å². The van der Waals surface area contributed by atoms with Crippen molar-refractivity contribution in [2.45, 2.75) is 12.5 Å². The molecular formula is C25H23ClFN5O. The number of benzene rings is 2. The zero-order valence-electron chi connectivity index (χ0n) is 18.1. The van der Waals surface area contributed by atoms with Gasteiger partial charge in [-0.05, 0) is 74.3 Å². The Morgan fingerprint density at radius 3 is 2.82 bits per heavy atom. The Balaban J connectivity index is 1.55. The van der Waals surface area contributed by atoms with Crippen LogP contribution < -0.4 is 5.32 Å². The van der Waals surface area contributed by atoms with Crippen molar-refractivity contribution in [1.82, 2.24) is 19.7 Å². The molecular weight excluding hydrogens is 441 g/mol. The largest absolute Gasteiger partial charge is 0.504 e. The van der Waals surface area contributed by atoms with Crippen LogP contribution >= 0.6 is 11.6 Å². The Bertz CT molecular complexity index is 1310. The number of nitrogens with zero attached hydrogens (tertiary/aromatic N) is 4. The van der Waals surface area contributed by atoms with Gasteiger partial charge in [-0.15, -0.1) is 0 Å². The van der Waals surface area contributed by atoms with Crippen LogP contribution in [0.25, 0.3) is 22.0 Å². The third kappa shape index (κ3) is 4.14. The van der Waals surface area contributed by atoms with E-state index in [0.717, 1.165) is 52.9 Å². The predicted octanol–water partition coefficient (Wildman–Crippen LogP) is 5.60. The Morgan fingerprint density at radius 1 is 1.24 bits per heavy atom. The summed E-state index contributed by atoms with van der Waals surface area (Å²) in [6, 6.07) is 8.82. The van der Waals surface area contributed by atoms with Gasteiger partial charge < -0.3 is 15.3 Å². The molecule has 0 bridgehead atoms. The van der Waals surface area contributed by atoms with Gasteiger partial charge in [0.15, 0.2) is 11.6 Å². The van der Waals surface area contributed by atoms with E-state index in [4.69, 9.17) is 11.6 Å². The fourth-order valence-electron chi connectivity index (χ4n) is 4.29. The van der Waals surface area contributed by atoms with Crippen molar-refractivity contribution >= 4 is 33.9 Å². The van der Waals surface area contributed by atoms with Gasteiger partial charge in [0, 0.05) is 24.3 Å². The number of likely N-dealkylation sites (tertiary alicyclic amines) is 1. The number of likely N-dealkylation sites (N-methyl/N-ethyl adjacent to an activating group) is 1. The molecule has 1 atom stereocenters. The zero-order chi connectivity index (χ0) is 23.1. The number of hydrogen-bond donors (Lipinski definition) is 2. The highest BCUT2D eigenvalue weighted by molar-refractivity contribution is 6.32. The van der Waals surface area contributed by atoms with Crippen molar-refractivity contribution in [3.8, 4) is 16.9 Å². The maximum Gasteiger partial charge on any atom is 0.170 e. The van der Waals surface area contributed by atoms with Crippen LogP contribution in [0.1, 0.15) is 18.0 Å². The van der Waals surface area contributed by atoms with Gasteiger partial charge in [-0.25, -0.2) is 4.39 Å². The summed E-state index contributed by atoms with van der Waals surface area (Å²) in [6.45, 7) is 5.97. The van der Waals surface area contributed by atoms with E-state index in [9.17, 15) is 9.50 Å². The molecule has 8 heteroatoms. The van der Waals surface area contributed by atoms with Crippen molar-refractivity contribution in [3.63, 3.8) is 0 Å². The van der Waals surface area contributed by atoms with Crippen LogP contribution in [0.2, 0.25) is 5.02 Å². The van der Waals surface area contributed by atoms with E-state index in [0.29, 0.717) is 11.6 Å². The normalized spacial score (nSPS) is 16.5. The van der Waals surface area contributed by atoms with E-state index in [2.05, 4.69) is 34.3 Å². The van der Waals surface area contributed by atoms with Crippen molar-refractivity contribution in [2.24, 2.45) is 0 Å². The maximum absolute atomic E-state index is 14.1. The van der Waals surface area contributed by atoms with Crippen LogP contribution in [0, 0.1) is 19.2 Å². The molecule has 1 aliphatic heterocycles. The molecule has 2 N–H and O–H groups in total. The Hall–Kier alpha value is -3.16. The number of pyridine rings is 1. The first-order valence-electron chi connectivity index (χ1n) is 10.7. The molecule has 1 aliphatic rings. The fourth-order valence-corrected chi connectivity index (χ4v) is 4.50. The minimum absolute atomic E-state index is 0.0358. The highest BCUT2D eigenvalue weighted by atomic mass is 35.5. The van der Waals surface area contributed by atoms with E-state index in [1.54, 1.807) is 18.7 Å². The molecule has 1 saturated heterocycles. The van der Waals surface area contributed by atoms with Crippen molar-refractivity contribution in [2.75, 3.05) is 25.5 Å². The third-order valence-corrected chi connectivity index (χ3v) is 6.37. The number of rotatable bonds is 5. The number of nitrogens with one attached hydrogen (secondary N) is 1. The van der Waals surface area contributed by atoms with Crippen LogP contribution in [0.3, 0.4) is 0 Å². The second-order valence-corrected chi connectivity index (χ2v) is 8.76. The number of hydrogen-bond acceptors (Lipinski definition) is 5. The molecule has 168 valence electrons. The molecule has 4 aromatic rings. The molecule has 0 spiro atoms. The lowest BCUT2D eigenvalue weighted by atomic mass is 10.00. The summed E-state index contributed by atoms with van der Waals surface area (Å²) < 4.78 is 16.1. The molecule has 2 aromatic carbocycles. The Labute approximate surface area is 196 Å². The van der Waals surface area contributed by atoms with Crippen LogP contribution in [0.15, 0.2) is 48.9 Å². The summed E-state index contributed by atoms with van der Waals surface area (Å²) in [7, 11) is 2.12. The first-order valence-corrected chi connectivity index (χ1v) is 11.0. The van der Waals surface area contributed by atoms with Crippen molar-refractivity contribution < 1.29 is 9.50 Å². The Kier molecular flexibility index (Phi) is 5.68. The molecule has 2 aromatic heterocycles. The predicted molar refractivity (Wildman–Crippen MR) is 129 cm³/mol. The van der Waals surface area contributed by atoms with Gasteiger partial charge in [-0.1, -0.05) is 17.7 Å². The SMILES string of the molecule is [CH2][CH]c1cnc2ccc(-c3cc(F)c(O)c(Cl)c3)cc2c1Nc1cnn(C2CCN(C)C2)c1. The van der Waals surface area contributed by atoms with E-state index < -0.39 is 11.6 Å². The smallest absolute Gasteiger partial charge is 0.170 e. The Morgan fingerprint density at radius 2 is 2.09 bits per heavy atom. The van der Waals surface area contributed by atoms with Gasteiger partial charge in [0.25, 0.3) is 0 Å². The van der Waals surface area contributed by atoms with E-state index in [-0.39, 0.29) is 5.02 Å². The van der Waals surface area contributed by atoms with Crippen molar-refractivity contribution in [1.29, 1.82) is 0 Å². The summed E-state index contributed by atoms with van der Waals surface area (Å²) >= 11 is 6.00. The molecule has 6 nitrogen and oxygen atoms in total. The summed E-state index contributed by atoms with van der Waals surface area (Å²) in [5.74, 6) is -1.32. The van der Waals surface area contributed by atoms with Gasteiger partial charge >= 0.3 is 0 Å². The molecule has 33 heavy (non-hydrogen) atoms. The average Bonchev–Trinajstić information content (AvgIpc) is 3.46. The summed E-state index contributed by atoms with van der Waals surface area (Å²) in [4.78, 5) is 6.83. The highest BCUT2D eigenvalue weighted by Crippen LogP contribution is 2.36. The van der Waals surface area contributed by atoms with Gasteiger partial charge in [0.05, 0.1) is 34.2 Å². The summed E-state index contributed by atoms with van der Waals surface area (Å²) in [5, 5.41) is 18.5. The number of halogens is 2. The van der Waals surface area contributed by atoms with Crippen LogP contribution in [0.4, 0.5) is 15.8 Å². The van der Waals surface area contributed by atoms with E-state index in [1.807, 2.05) is 35.3 Å². The number of aromatic hydroxyl groups is 1. The number of phenols is 1. The third-order valence-electron chi connectivity index (χ3n) is 6.08. The maximum atomic E-state index is 14.1. The van der Waals surface area contributed by atoms with E-state index in [1.165, 1.54) is 6.07 Å². The molecule has 2 radical (unpaired) electrons.